The summed E-state index contributed by atoms with van der Waals surface area (Å²) >= 11 is 0. The van der Waals surface area contributed by atoms with Crippen LogP contribution in [0.3, 0.4) is 0 Å². The summed E-state index contributed by atoms with van der Waals surface area (Å²) in [6.45, 7) is 5.72. The first-order valence-electron chi connectivity index (χ1n) is 7.22. The first kappa shape index (κ1) is 12.5. The van der Waals surface area contributed by atoms with Gasteiger partial charge in [0.15, 0.2) is 0 Å². The number of hydrogen-bond acceptors (Lipinski definition) is 3. The topological polar surface area (TPSA) is 34.4 Å². The Morgan fingerprint density at radius 2 is 2.16 bits per heavy atom. The molecule has 1 heterocycles. The minimum atomic E-state index is 0.695. The molecule has 1 aliphatic carbocycles. The van der Waals surface area contributed by atoms with Crippen LogP contribution in [0.1, 0.15) is 38.0 Å². The number of rotatable bonds is 6. The van der Waals surface area contributed by atoms with Gasteiger partial charge in [-0.25, -0.2) is 0 Å². The number of hydrogen-bond donors (Lipinski definition) is 1. The van der Waals surface area contributed by atoms with Crippen molar-refractivity contribution in [1.29, 1.82) is 0 Å². The molecule has 3 rings (SSSR count). The molecule has 3 heteroatoms. The second-order valence-electron chi connectivity index (χ2n) is 5.10. The van der Waals surface area contributed by atoms with Gasteiger partial charge in [0.25, 0.3) is 0 Å². The second-order valence-corrected chi connectivity index (χ2v) is 5.10. The highest BCUT2D eigenvalue weighted by atomic mass is 16.5. The van der Waals surface area contributed by atoms with Gasteiger partial charge < -0.3 is 14.5 Å². The third-order valence-corrected chi connectivity index (χ3v) is 3.64. The van der Waals surface area contributed by atoms with Crippen molar-refractivity contribution in [2.45, 2.75) is 45.7 Å². The summed E-state index contributed by atoms with van der Waals surface area (Å²) < 4.78 is 11.6. The van der Waals surface area contributed by atoms with Gasteiger partial charge in [0.05, 0.1) is 13.2 Å². The zero-order chi connectivity index (χ0) is 13.2. The molecule has 0 saturated heterocycles. The van der Waals surface area contributed by atoms with Crippen LogP contribution in [-0.4, -0.2) is 12.6 Å². The maximum atomic E-state index is 5.98. The van der Waals surface area contributed by atoms with Crippen LogP contribution in [0.25, 0.3) is 11.0 Å². The summed E-state index contributed by atoms with van der Waals surface area (Å²) in [6, 6.07) is 6.80. The first-order valence-corrected chi connectivity index (χ1v) is 7.22. The van der Waals surface area contributed by atoms with Crippen molar-refractivity contribution in [1.82, 2.24) is 5.32 Å². The Bertz CT molecular complexity index is 569. The summed E-state index contributed by atoms with van der Waals surface area (Å²) in [5.41, 5.74) is 2.28. The molecule has 0 bridgehead atoms. The Morgan fingerprint density at radius 3 is 2.84 bits per heavy atom. The SMILES string of the molecule is CCOc1ccc2oc(CNC3CC3)c(CC)c2c1. The van der Waals surface area contributed by atoms with E-state index in [1.54, 1.807) is 0 Å². The summed E-state index contributed by atoms with van der Waals surface area (Å²) in [6.07, 6.45) is 3.59. The molecule has 1 aromatic heterocycles. The quantitative estimate of drug-likeness (QED) is 0.860. The molecule has 0 radical (unpaired) electrons. The van der Waals surface area contributed by atoms with Crippen molar-refractivity contribution in [3.05, 3.63) is 29.5 Å². The van der Waals surface area contributed by atoms with Crippen molar-refractivity contribution < 1.29 is 9.15 Å². The Balaban J connectivity index is 1.92. The van der Waals surface area contributed by atoms with Crippen molar-refractivity contribution in [3.63, 3.8) is 0 Å². The van der Waals surface area contributed by atoms with Gasteiger partial charge in [-0.15, -0.1) is 0 Å². The van der Waals surface area contributed by atoms with E-state index >= 15 is 0 Å². The molecule has 1 fully saturated rings. The molecule has 0 amide bonds. The maximum absolute atomic E-state index is 5.98. The Labute approximate surface area is 113 Å². The van der Waals surface area contributed by atoms with Crippen LogP contribution in [0.5, 0.6) is 5.75 Å². The van der Waals surface area contributed by atoms with Crippen LogP contribution in [-0.2, 0) is 13.0 Å². The average Bonchev–Trinajstić information content (AvgIpc) is 3.17. The molecular weight excluding hydrogens is 238 g/mol. The fraction of sp³-hybridized carbons (Fsp3) is 0.500. The van der Waals surface area contributed by atoms with Crippen LogP contribution in [0, 0.1) is 0 Å². The lowest BCUT2D eigenvalue weighted by Crippen LogP contribution is -2.15. The molecule has 1 aromatic carbocycles. The van der Waals surface area contributed by atoms with Crippen molar-refractivity contribution in [3.8, 4) is 5.75 Å². The van der Waals surface area contributed by atoms with Crippen LogP contribution in [0.4, 0.5) is 0 Å². The molecule has 0 atom stereocenters. The van der Waals surface area contributed by atoms with Gasteiger partial charge in [0.1, 0.15) is 17.1 Å². The first-order chi connectivity index (χ1) is 9.31. The van der Waals surface area contributed by atoms with Gasteiger partial charge in [-0.1, -0.05) is 6.92 Å². The Kier molecular flexibility index (Phi) is 3.47. The van der Waals surface area contributed by atoms with Crippen LogP contribution in [0.15, 0.2) is 22.6 Å². The van der Waals surface area contributed by atoms with Crippen molar-refractivity contribution in [2.75, 3.05) is 6.61 Å². The summed E-state index contributed by atoms with van der Waals surface area (Å²) in [5.74, 6) is 2.00. The van der Waals surface area contributed by atoms with Crippen LogP contribution in [0.2, 0.25) is 0 Å². The molecule has 1 aliphatic rings. The molecule has 0 spiro atoms. The normalized spacial score (nSPS) is 15.1. The van der Waals surface area contributed by atoms with E-state index in [4.69, 9.17) is 9.15 Å². The van der Waals surface area contributed by atoms with E-state index in [-0.39, 0.29) is 0 Å². The fourth-order valence-electron chi connectivity index (χ4n) is 2.49. The molecule has 0 aliphatic heterocycles. The van der Waals surface area contributed by atoms with Gasteiger partial charge >= 0.3 is 0 Å². The Morgan fingerprint density at radius 1 is 1.32 bits per heavy atom. The Hall–Kier alpha value is -1.48. The molecule has 2 aromatic rings. The zero-order valence-electron chi connectivity index (χ0n) is 11.7. The average molecular weight is 259 g/mol. The molecular formula is C16H21NO2. The second kappa shape index (κ2) is 5.25. The van der Waals surface area contributed by atoms with Gasteiger partial charge in [-0.3, -0.25) is 0 Å². The van der Waals surface area contributed by atoms with E-state index in [1.165, 1.54) is 23.8 Å². The predicted molar refractivity (Wildman–Crippen MR) is 76.6 cm³/mol. The maximum Gasteiger partial charge on any atom is 0.134 e. The molecule has 1 N–H and O–H groups in total. The van der Waals surface area contributed by atoms with E-state index in [9.17, 15) is 0 Å². The smallest absolute Gasteiger partial charge is 0.134 e. The lowest BCUT2D eigenvalue weighted by molar-refractivity contribution is 0.340. The number of benzene rings is 1. The van der Waals surface area contributed by atoms with Crippen molar-refractivity contribution >= 4 is 11.0 Å². The molecule has 1 saturated carbocycles. The monoisotopic (exact) mass is 259 g/mol. The van der Waals surface area contributed by atoms with Gasteiger partial charge in [0.2, 0.25) is 0 Å². The molecule has 0 unspecified atom stereocenters. The van der Waals surface area contributed by atoms with E-state index < -0.39 is 0 Å². The highest BCUT2D eigenvalue weighted by Crippen LogP contribution is 2.30. The van der Waals surface area contributed by atoms with Crippen LogP contribution >= 0.6 is 0 Å². The summed E-state index contributed by atoms with van der Waals surface area (Å²) in [7, 11) is 0. The van der Waals surface area contributed by atoms with Crippen molar-refractivity contribution in [2.24, 2.45) is 0 Å². The lowest BCUT2D eigenvalue weighted by Gasteiger charge is -2.03. The predicted octanol–water partition coefficient (Wildman–Crippen LogP) is 3.65. The minimum absolute atomic E-state index is 0.695. The molecule has 3 nitrogen and oxygen atoms in total. The number of aryl methyl sites for hydroxylation is 1. The van der Waals surface area contributed by atoms with E-state index in [2.05, 4.69) is 18.3 Å². The summed E-state index contributed by atoms with van der Waals surface area (Å²) in [5, 5.41) is 4.72. The highest BCUT2D eigenvalue weighted by molar-refractivity contribution is 5.83. The fourth-order valence-corrected chi connectivity index (χ4v) is 2.49. The largest absolute Gasteiger partial charge is 0.494 e. The molecule has 102 valence electrons. The number of furan rings is 1. The number of ether oxygens (including phenoxy) is 1. The standard InChI is InChI=1S/C16H21NO2/c1-3-13-14-9-12(18-4-2)7-8-15(14)19-16(13)10-17-11-5-6-11/h7-9,11,17H,3-6,10H2,1-2H3. The minimum Gasteiger partial charge on any atom is -0.494 e. The highest BCUT2D eigenvalue weighted by Gasteiger charge is 2.22. The zero-order valence-corrected chi connectivity index (χ0v) is 11.7. The molecule has 19 heavy (non-hydrogen) atoms. The number of fused-ring (bicyclic) bond motifs is 1. The van der Waals surface area contributed by atoms with E-state index in [0.29, 0.717) is 12.6 Å². The third-order valence-electron chi connectivity index (χ3n) is 3.64. The lowest BCUT2D eigenvalue weighted by atomic mass is 10.1. The van der Waals surface area contributed by atoms with Gasteiger partial charge in [-0.05, 0) is 44.4 Å². The van der Waals surface area contributed by atoms with E-state index in [1.807, 2.05) is 19.1 Å². The van der Waals surface area contributed by atoms with Gasteiger partial charge in [-0.2, -0.15) is 0 Å². The van der Waals surface area contributed by atoms with Crippen LogP contribution < -0.4 is 10.1 Å². The third kappa shape index (κ3) is 2.61. The van der Waals surface area contributed by atoms with Gasteiger partial charge in [0, 0.05) is 17.0 Å². The summed E-state index contributed by atoms with van der Waals surface area (Å²) in [4.78, 5) is 0. The van der Waals surface area contributed by atoms with E-state index in [0.717, 1.165) is 30.1 Å². The number of nitrogens with one attached hydrogen (secondary N) is 1.